The van der Waals surface area contributed by atoms with Crippen molar-refractivity contribution in [1.29, 1.82) is 0 Å². The molecule has 188 valence electrons. The summed E-state index contributed by atoms with van der Waals surface area (Å²) in [5.74, 6) is 0.966. The first-order valence-electron chi connectivity index (χ1n) is 11.8. The van der Waals surface area contributed by atoms with Crippen LogP contribution < -0.4 is 0 Å². The fraction of sp³-hybridized carbons (Fsp3) is 0.370. The highest BCUT2D eigenvalue weighted by molar-refractivity contribution is 8.01. The van der Waals surface area contributed by atoms with Crippen molar-refractivity contribution >= 4 is 59.4 Å². The second-order valence-corrected chi connectivity index (χ2v) is 11.4. The van der Waals surface area contributed by atoms with Crippen LogP contribution in [-0.4, -0.2) is 48.4 Å². The van der Waals surface area contributed by atoms with Crippen LogP contribution >= 0.6 is 47.9 Å². The molecule has 2 aliphatic heterocycles. The zero-order valence-corrected chi connectivity index (χ0v) is 23.3. The molecule has 5 rings (SSSR count). The number of hydrogen-bond donors (Lipinski definition) is 0. The molecule has 3 nitrogen and oxygen atoms in total. The summed E-state index contributed by atoms with van der Waals surface area (Å²) in [6.07, 6.45) is 4.17. The summed E-state index contributed by atoms with van der Waals surface area (Å²) in [5.41, 5.74) is 3.42. The first-order chi connectivity index (χ1) is 16.1. The van der Waals surface area contributed by atoms with Crippen molar-refractivity contribution in [2.45, 2.75) is 47.8 Å². The molecule has 2 aromatic carbocycles. The van der Waals surface area contributed by atoms with Crippen molar-refractivity contribution in [3.8, 4) is 0 Å². The van der Waals surface area contributed by atoms with E-state index in [0.717, 1.165) is 62.4 Å². The van der Waals surface area contributed by atoms with E-state index in [1.54, 1.807) is 6.07 Å². The Morgan fingerprint density at radius 1 is 1.03 bits per heavy atom. The lowest BCUT2D eigenvalue weighted by Crippen LogP contribution is -2.53. The molecule has 3 aromatic rings. The van der Waals surface area contributed by atoms with Gasteiger partial charge in [0.1, 0.15) is 11.7 Å². The van der Waals surface area contributed by atoms with Gasteiger partial charge in [-0.1, -0.05) is 49.4 Å². The average molecular weight is 553 g/mol. The van der Waals surface area contributed by atoms with E-state index in [-0.39, 0.29) is 30.6 Å². The molecule has 0 saturated carbocycles. The van der Waals surface area contributed by atoms with E-state index in [1.165, 1.54) is 25.6 Å². The van der Waals surface area contributed by atoms with Crippen LogP contribution in [0.5, 0.6) is 0 Å². The number of amidine groups is 1. The summed E-state index contributed by atoms with van der Waals surface area (Å²) in [6.45, 7) is 5.15. The molecule has 1 atom stereocenters. The lowest BCUT2D eigenvalue weighted by Gasteiger charge is -2.41. The van der Waals surface area contributed by atoms with Crippen LogP contribution in [0, 0.1) is 5.82 Å². The lowest BCUT2D eigenvalue weighted by atomic mass is 10.0. The Morgan fingerprint density at radius 2 is 1.86 bits per heavy atom. The van der Waals surface area contributed by atoms with Crippen molar-refractivity contribution in [2.24, 2.45) is 4.99 Å². The highest BCUT2D eigenvalue weighted by Gasteiger charge is 2.30. The fourth-order valence-corrected chi connectivity index (χ4v) is 7.21. The normalized spacial score (nSPS) is 17.4. The van der Waals surface area contributed by atoms with Gasteiger partial charge in [0.05, 0.1) is 9.90 Å². The fourth-order valence-electron chi connectivity index (χ4n) is 4.65. The number of likely N-dealkylation sites (N-methyl/N-ethyl adjacent to an activating group) is 1. The molecule has 2 aliphatic rings. The summed E-state index contributed by atoms with van der Waals surface area (Å²) in [5, 5.41) is 0. The average Bonchev–Trinajstić information content (AvgIpc) is 3.13. The highest BCUT2D eigenvalue weighted by Crippen LogP contribution is 2.44. The lowest BCUT2D eigenvalue weighted by molar-refractivity contribution is 0.134. The summed E-state index contributed by atoms with van der Waals surface area (Å²) >= 11 is 3.78. The molecular weight excluding hydrogens is 520 g/mol. The topological polar surface area (TPSA) is 18.8 Å². The van der Waals surface area contributed by atoms with Gasteiger partial charge in [-0.15, -0.1) is 36.2 Å². The molecule has 0 bridgehead atoms. The van der Waals surface area contributed by atoms with Crippen molar-refractivity contribution < 1.29 is 4.39 Å². The van der Waals surface area contributed by atoms with Crippen molar-refractivity contribution in [1.82, 2.24) is 9.80 Å². The third kappa shape index (κ3) is 6.41. The van der Waals surface area contributed by atoms with Crippen molar-refractivity contribution in [3.63, 3.8) is 0 Å². The van der Waals surface area contributed by atoms with Crippen LogP contribution in [0.25, 0.3) is 0 Å². The van der Waals surface area contributed by atoms with Gasteiger partial charge in [-0.3, -0.25) is 4.90 Å². The minimum absolute atomic E-state index is 0. The summed E-state index contributed by atoms with van der Waals surface area (Å²) in [6, 6.07) is 18.3. The number of thiophene rings is 1. The zero-order valence-electron chi connectivity index (χ0n) is 20.1. The standard InChI is InChI=1S/C27H30FN3S2.2ClH/c1-3-7-22-17-23-26(29-24-10-4-5-11-25(24)33-27(23)32-22)31-15-14-30(2)21(18-31)13-12-19-8-6-9-20(28)16-19;;/h4-6,8-11,16-17,21H,3,7,12-15,18H2,1-2H3;2*1H. The summed E-state index contributed by atoms with van der Waals surface area (Å²) in [4.78, 5) is 12.8. The number of para-hydroxylation sites is 1. The molecule has 1 aromatic heterocycles. The third-order valence-corrected chi connectivity index (χ3v) is 8.97. The van der Waals surface area contributed by atoms with Gasteiger partial charge in [0.15, 0.2) is 0 Å². The monoisotopic (exact) mass is 551 g/mol. The molecule has 8 heteroatoms. The van der Waals surface area contributed by atoms with Gasteiger partial charge in [-0.2, -0.15) is 0 Å². The molecule has 0 radical (unpaired) electrons. The molecule has 1 unspecified atom stereocenters. The van der Waals surface area contributed by atoms with Crippen LogP contribution in [0.1, 0.15) is 35.8 Å². The van der Waals surface area contributed by atoms with Crippen LogP contribution in [0.2, 0.25) is 0 Å². The number of nitrogens with zero attached hydrogens (tertiary/aromatic N) is 3. The Kier molecular flexibility index (Phi) is 10.1. The van der Waals surface area contributed by atoms with Crippen LogP contribution in [0.15, 0.2) is 68.7 Å². The number of halogens is 3. The maximum atomic E-state index is 13.6. The molecule has 1 fully saturated rings. The quantitative estimate of drug-likeness (QED) is 0.327. The van der Waals surface area contributed by atoms with Gasteiger partial charge in [-0.05, 0) is 62.2 Å². The number of benzene rings is 2. The summed E-state index contributed by atoms with van der Waals surface area (Å²) < 4.78 is 15.0. The number of hydrogen-bond acceptors (Lipinski definition) is 5. The smallest absolute Gasteiger partial charge is 0.138 e. The Hall–Kier alpha value is -1.57. The maximum absolute atomic E-state index is 13.6. The van der Waals surface area contributed by atoms with E-state index in [2.05, 4.69) is 54.1 Å². The number of piperazine rings is 1. The molecule has 35 heavy (non-hydrogen) atoms. The van der Waals surface area contributed by atoms with Gasteiger partial charge in [0, 0.05) is 41.0 Å². The van der Waals surface area contributed by atoms with Crippen molar-refractivity contribution in [3.05, 3.63) is 76.4 Å². The number of aliphatic imine (C=N–C) groups is 1. The van der Waals surface area contributed by atoms with E-state index >= 15 is 0 Å². The van der Waals surface area contributed by atoms with Crippen LogP contribution in [-0.2, 0) is 12.8 Å². The van der Waals surface area contributed by atoms with E-state index < -0.39 is 0 Å². The molecular formula is C27H32Cl2FN3S2. The Morgan fingerprint density at radius 3 is 2.66 bits per heavy atom. The third-order valence-electron chi connectivity index (χ3n) is 6.51. The van der Waals surface area contributed by atoms with Gasteiger partial charge >= 0.3 is 0 Å². The first kappa shape index (κ1) is 28.0. The minimum atomic E-state index is -0.150. The highest BCUT2D eigenvalue weighted by atomic mass is 35.5. The predicted molar refractivity (Wildman–Crippen MR) is 152 cm³/mol. The molecule has 3 heterocycles. The molecule has 1 saturated heterocycles. The largest absolute Gasteiger partial charge is 0.353 e. The Bertz CT molecular complexity index is 1170. The van der Waals surface area contributed by atoms with Gasteiger partial charge < -0.3 is 4.90 Å². The van der Waals surface area contributed by atoms with Crippen molar-refractivity contribution in [2.75, 3.05) is 26.7 Å². The maximum Gasteiger partial charge on any atom is 0.138 e. The van der Waals surface area contributed by atoms with E-state index in [9.17, 15) is 4.39 Å². The first-order valence-corrected chi connectivity index (χ1v) is 13.4. The Balaban J connectivity index is 0.00000171. The number of fused-ring (bicyclic) bond motifs is 2. The van der Waals surface area contributed by atoms with Crippen LogP contribution in [0.3, 0.4) is 0 Å². The molecule has 0 spiro atoms. The van der Waals surface area contributed by atoms with Gasteiger partial charge in [-0.25, -0.2) is 9.38 Å². The number of aryl methyl sites for hydroxylation is 2. The molecule has 0 N–H and O–H groups in total. The van der Waals surface area contributed by atoms with E-state index in [4.69, 9.17) is 4.99 Å². The second kappa shape index (κ2) is 12.6. The van der Waals surface area contributed by atoms with E-state index in [1.807, 2.05) is 35.2 Å². The number of rotatable bonds is 5. The van der Waals surface area contributed by atoms with E-state index in [0.29, 0.717) is 6.04 Å². The molecule has 0 aliphatic carbocycles. The summed E-state index contributed by atoms with van der Waals surface area (Å²) in [7, 11) is 2.21. The Labute approximate surface area is 228 Å². The minimum Gasteiger partial charge on any atom is -0.353 e. The molecule has 0 amide bonds. The SMILES string of the molecule is CCCc1cc2c(s1)Sc1ccccc1N=C2N1CCN(C)C(CCc2cccc(F)c2)C1.Cl.Cl. The van der Waals surface area contributed by atoms with Crippen LogP contribution in [0.4, 0.5) is 10.1 Å². The second-order valence-electron chi connectivity index (χ2n) is 8.92. The predicted octanol–water partition coefficient (Wildman–Crippen LogP) is 7.48. The van der Waals surface area contributed by atoms with Gasteiger partial charge in [0.2, 0.25) is 0 Å². The van der Waals surface area contributed by atoms with Gasteiger partial charge in [0.25, 0.3) is 0 Å². The zero-order chi connectivity index (χ0) is 22.8.